The van der Waals surface area contributed by atoms with Crippen molar-refractivity contribution in [1.29, 1.82) is 5.26 Å². The van der Waals surface area contributed by atoms with Gasteiger partial charge in [-0.3, -0.25) is 4.79 Å². The van der Waals surface area contributed by atoms with E-state index in [1.54, 1.807) is 42.5 Å². The molecule has 0 aliphatic heterocycles. The Morgan fingerprint density at radius 3 is 2.70 bits per heavy atom. The normalized spacial score (nSPS) is 9.80. The van der Waals surface area contributed by atoms with E-state index in [9.17, 15) is 4.79 Å². The summed E-state index contributed by atoms with van der Waals surface area (Å²) in [5.74, 6) is -0.918. The van der Waals surface area contributed by atoms with Gasteiger partial charge in [0.2, 0.25) is 0 Å². The first-order valence-corrected chi connectivity index (χ1v) is 6.25. The second kappa shape index (κ2) is 6.09. The number of hydrogen-bond donors (Lipinski definition) is 2. The zero-order valence-corrected chi connectivity index (χ0v) is 11.2. The van der Waals surface area contributed by atoms with Crippen LogP contribution >= 0.6 is 11.6 Å². The van der Waals surface area contributed by atoms with Crippen LogP contribution in [0.3, 0.4) is 0 Å². The molecular weight excluding hydrogens is 276 g/mol. The molecule has 5 heteroatoms. The van der Waals surface area contributed by atoms with Crippen LogP contribution in [0.1, 0.15) is 11.1 Å². The number of para-hydroxylation sites is 2. The zero-order chi connectivity index (χ0) is 14.5. The second-order valence-corrected chi connectivity index (χ2v) is 4.53. The lowest BCUT2D eigenvalue weighted by Crippen LogP contribution is -2.04. The minimum absolute atomic E-state index is 0.102. The Kier molecular flexibility index (Phi) is 4.24. The Balaban J connectivity index is 2.41. The average Bonchev–Trinajstić information content (AvgIpc) is 2.42. The molecule has 0 fully saturated rings. The summed E-state index contributed by atoms with van der Waals surface area (Å²) in [5.41, 5.74) is 2.14. The number of halogens is 1. The quantitative estimate of drug-likeness (QED) is 0.901. The molecule has 0 heterocycles. The molecular formula is C15H11ClN2O2. The van der Waals surface area contributed by atoms with Crippen molar-refractivity contribution in [3.63, 3.8) is 0 Å². The van der Waals surface area contributed by atoms with Crippen LogP contribution in [0.25, 0.3) is 0 Å². The summed E-state index contributed by atoms with van der Waals surface area (Å²) in [6, 6.07) is 14.1. The fourth-order valence-electron chi connectivity index (χ4n) is 1.84. The minimum Gasteiger partial charge on any atom is -0.481 e. The number of rotatable bonds is 4. The SMILES string of the molecule is N#Cc1cccc(Cl)c1Nc1ccccc1CC(=O)O. The molecule has 0 bridgehead atoms. The molecule has 2 aromatic carbocycles. The third kappa shape index (κ3) is 3.08. The minimum atomic E-state index is -0.918. The molecule has 0 amide bonds. The number of carbonyl (C=O) groups is 1. The number of hydrogen-bond acceptors (Lipinski definition) is 3. The van der Waals surface area contributed by atoms with Crippen molar-refractivity contribution in [2.24, 2.45) is 0 Å². The van der Waals surface area contributed by atoms with E-state index < -0.39 is 5.97 Å². The maximum Gasteiger partial charge on any atom is 0.307 e. The maximum absolute atomic E-state index is 10.9. The summed E-state index contributed by atoms with van der Waals surface area (Å²) >= 11 is 6.09. The highest BCUT2D eigenvalue weighted by Gasteiger charge is 2.11. The molecule has 0 unspecified atom stereocenters. The van der Waals surface area contributed by atoms with Gasteiger partial charge in [0.1, 0.15) is 6.07 Å². The molecule has 100 valence electrons. The van der Waals surface area contributed by atoms with Crippen molar-refractivity contribution in [2.75, 3.05) is 5.32 Å². The molecule has 0 saturated carbocycles. The van der Waals surface area contributed by atoms with Gasteiger partial charge in [-0.05, 0) is 23.8 Å². The van der Waals surface area contributed by atoms with Crippen molar-refractivity contribution < 1.29 is 9.90 Å². The predicted octanol–water partition coefficient (Wildman–Crippen LogP) is 3.58. The summed E-state index contributed by atoms with van der Waals surface area (Å²) < 4.78 is 0. The molecule has 2 aromatic rings. The molecule has 2 rings (SSSR count). The Morgan fingerprint density at radius 1 is 1.25 bits per heavy atom. The first kappa shape index (κ1) is 13.9. The average molecular weight is 287 g/mol. The number of nitrogens with one attached hydrogen (secondary N) is 1. The Morgan fingerprint density at radius 2 is 2.00 bits per heavy atom. The van der Waals surface area contributed by atoms with Gasteiger partial charge in [0.05, 0.1) is 22.7 Å². The Bertz CT molecular complexity index is 693. The summed E-state index contributed by atoms with van der Waals surface area (Å²) in [5, 5.41) is 21.5. The van der Waals surface area contributed by atoms with Gasteiger partial charge in [-0.2, -0.15) is 5.26 Å². The van der Waals surface area contributed by atoms with E-state index in [2.05, 4.69) is 11.4 Å². The topological polar surface area (TPSA) is 73.1 Å². The lowest BCUT2D eigenvalue weighted by atomic mass is 10.1. The molecule has 0 radical (unpaired) electrons. The van der Waals surface area contributed by atoms with Crippen LogP contribution in [0, 0.1) is 11.3 Å². The standard InChI is InChI=1S/C15H11ClN2O2/c16-12-6-3-5-11(9-17)15(12)18-13-7-2-1-4-10(13)8-14(19)20/h1-7,18H,8H2,(H,19,20). The van der Waals surface area contributed by atoms with Gasteiger partial charge in [-0.1, -0.05) is 35.9 Å². The van der Waals surface area contributed by atoms with Crippen LogP contribution < -0.4 is 5.32 Å². The number of aliphatic carboxylic acids is 1. The molecule has 2 N–H and O–H groups in total. The highest BCUT2D eigenvalue weighted by Crippen LogP contribution is 2.30. The van der Waals surface area contributed by atoms with Gasteiger partial charge in [-0.25, -0.2) is 0 Å². The van der Waals surface area contributed by atoms with E-state index >= 15 is 0 Å². The molecule has 0 aromatic heterocycles. The van der Waals surface area contributed by atoms with Crippen molar-refractivity contribution in [3.05, 3.63) is 58.6 Å². The number of nitriles is 1. The highest BCUT2D eigenvalue weighted by molar-refractivity contribution is 6.33. The van der Waals surface area contributed by atoms with Gasteiger partial charge in [-0.15, -0.1) is 0 Å². The lowest BCUT2D eigenvalue weighted by Gasteiger charge is -2.13. The van der Waals surface area contributed by atoms with E-state index in [1.165, 1.54) is 0 Å². The van der Waals surface area contributed by atoms with Crippen LogP contribution in [0.15, 0.2) is 42.5 Å². The van der Waals surface area contributed by atoms with Gasteiger partial charge in [0.25, 0.3) is 0 Å². The zero-order valence-electron chi connectivity index (χ0n) is 10.4. The number of anilines is 2. The van der Waals surface area contributed by atoms with Crippen molar-refractivity contribution in [2.45, 2.75) is 6.42 Å². The maximum atomic E-state index is 10.9. The smallest absolute Gasteiger partial charge is 0.307 e. The molecule has 4 nitrogen and oxygen atoms in total. The number of carboxylic acid groups (broad SMARTS) is 1. The largest absolute Gasteiger partial charge is 0.481 e. The lowest BCUT2D eigenvalue weighted by molar-refractivity contribution is -0.136. The van der Waals surface area contributed by atoms with Crippen LogP contribution in [0.2, 0.25) is 5.02 Å². The summed E-state index contributed by atoms with van der Waals surface area (Å²) in [6.45, 7) is 0. The number of benzene rings is 2. The van der Waals surface area contributed by atoms with Crippen molar-refractivity contribution >= 4 is 28.9 Å². The molecule has 0 aliphatic rings. The van der Waals surface area contributed by atoms with E-state index in [1.807, 2.05) is 0 Å². The summed E-state index contributed by atoms with van der Waals surface area (Å²) in [6.07, 6.45) is -0.102. The molecule has 20 heavy (non-hydrogen) atoms. The van der Waals surface area contributed by atoms with Crippen molar-refractivity contribution in [1.82, 2.24) is 0 Å². The van der Waals surface area contributed by atoms with E-state index in [-0.39, 0.29) is 6.42 Å². The van der Waals surface area contributed by atoms with Crippen molar-refractivity contribution in [3.8, 4) is 6.07 Å². The number of nitrogens with zero attached hydrogens (tertiary/aromatic N) is 1. The van der Waals surface area contributed by atoms with E-state index in [0.717, 1.165) is 0 Å². The Hall–Kier alpha value is -2.51. The molecule has 0 saturated heterocycles. The van der Waals surface area contributed by atoms with Crippen LogP contribution in [-0.4, -0.2) is 11.1 Å². The number of carboxylic acids is 1. The molecule has 0 aliphatic carbocycles. The van der Waals surface area contributed by atoms with Gasteiger partial charge >= 0.3 is 5.97 Å². The van der Waals surface area contributed by atoms with Gasteiger partial charge in [0, 0.05) is 5.69 Å². The second-order valence-electron chi connectivity index (χ2n) is 4.13. The van der Waals surface area contributed by atoms with Crippen LogP contribution in [0.5, 0.6) is 0 Å². The summed E-state index contributed by atoms with van der Waals surface area (Å²) in [4.78, 5) is 10.9. The van der Waals surface area contributed by atoms with E-state index in [4.69, 9.17) is 22.0 Å². The Labute approximate surface area is 121 Å². The first-order valence-electron chi connectivity index (χ1n) is 5.87. The van der Waals surface area contributed by atoms with Crippen LogP contribution in [-0.2, 0) is 11.2 Å². The van der Waals surface area contributed by atoms with E-state index in [0.29, 0.717) is 27.5 Å². The fraction of sp³-hybridized carbons (Fsp3) is 0.0667. The molecule has 0 spiro atoms. The summed E-state index contributed by atoms with van der Waals surface area (Å²) in [7, 11) is 0. The first-order chi connectivity index (χ1) is 9.61. The fourth-order valence-corrected chi connectivity index (χ4v) is 2.06. The monoisotopic (exact) mass is 286 g/mol. The third-order valence-corrected chi connectivity index (χ3v) is 3.07. The van der Waals surface area contributed by atoms with Gasteiger partial charge in [0.15, 0.2) is 0 Å². The van der Waals surface area contributed by atoms with Gasteiger partial charge < -0.3 is 10.4 Å². The predicted molar refractivity (Wildman–Crippen MR) is 77.2 cm³/mol. The molecule has 0 atom stereocenters. The third-order valence-electron chi connectivity index (χ3n) is 2.75. The van der Waals surface area contributed by atoms with Crippen LogP contribution in [0.4, 0.5) is 11.4 Å². The highest BCUT2D eigenvalue weighted by atomic mass is 35.5.